The van der Waals surface area contributed by atoms with Crippen molar-refractivity contribution in [3.8, 4) is 11.5 Å². The average molecular weight is 843 g/mol. The molecule has 57 heavy (non-hydrogen) atoms. The van der Waals surface area contributed by atoms with E-state index in [9.17, 15) is 14.4 Å². The van der Waals surface area contributed by atoms with Crippen molar-refractivity contribution in [1.29, 1.82) is 0 Å². The summed E-state index contributed by atoms with van der Waals surface area (Å²) in [6, 6.07) is 7.23. The number of rotatable bonds is 38. The Morgan fingerprint density at radius 3 is 1.91 bits per heavy atom. The highest BCUT2D eigenvalue weighted by Crippen LogP contribution is 2.38. The highest BCUT2D eigenvalue weighted by atomic mass is 32.2. The highest BCUT2D eigenvalue weighted by Gasteiger charge is 2.45. The molecule has 2 aliphatic rings. The number of fused-ring (bicyclic) bond motifs is 1. The molecule has 16 heteroatoms. The predicted molar refractivity (Wildman–Crippen MR) is 227 cm³/mol. The van der Waals surface area contributed by atoms with Crippen molar-refractivity contribution < 1.29 is 47.5 Å². The number of unbranched alkanes of at least 4 members (excludes halogenated alkanes) is 8. The van der Waals surface area contributed by atoms with E-state index in [-0.39, 0.29) is 41.8 Å². The third-order valence-corrected chi connectivity index (χ3v) is 11.7. The summed E-state index contributed by atoms with van der Waals surface area (Å²) in [6.07, 6.45) is 14.3. The average Bonchev–Trinajstić information content (AvgIpc) is 3.77. The van der Waals surface area contributed by atoms with E-state index in [2.05, 4.69) is 28.6 Å². The summed E-state index contributed by atoms with van der Waals surface area (Å²) in [5.74, 6) is 2.91. The fourth-order valence-corrected chi connectivity index (χ4v) is 8.69. The quantitative estimate of drug-likeness (QED) is 0.0347. The lowest BCUT2D eigenvalue weighted by molar-refractivity contribution is -0.123. The maximum Gasteiger partial charge on any atom is 0.315 e. The topological polar surface area (TPSA) is 178 Å². The number of hydrogen-bond donors (Lipinski definition) is 5. The molecule has 2 saturated heterocycles. The number of urea groups is 1. The molecule has 326 valence electrons. The molecule has 0 saturated carbocycles. The van der Waals surface area contributed by atoms with Crippen molar-refractivity contribution in [1.82, 2.24) is 16.0 Å². The van der Waals surface area contributed by atoms with Gasteiger partial charge in [-0.25, -0.2) is 4.79 Å². The predicted octanol–water partition coefficient (Wildman–Crippen LogP) is 4.91. The summed E-state index contributed by atoms with van der Waals surface area (Å²) in [5, 5.41) is 9.09. The SMILES string of the molecule is NC(=O)CCCC(CCOCCOCCNC(=O)COc1ccc(OCCOCCOCCOCCCCCCCCCCCS)cc1)C1SCC2NC(=O)NC21. The first-order valence-electron chi connectivity index (χ1n) is 21.0. The number of benzene rings is 1. The van der Waals surface area contributed by atoms with E-state index >= 15 is 0 Å². The van der Waals surface area contributed by atoms with E-state index in [0.29, 0.717) is 96.5 Å². The maximum absolute atomic E-state index is 12.2. The van der Waals surface area contributed by atoms with E-state index in [1.165, 1.54) is 51.4 Å². The minimum atomic E-state index is -0.295. The monoisotopic (exact) mass is 842 g/mol. The Morgan fingerprint density at radius 2 is 1.26 bits per heavy atom. The first-order valence-corrected chi connectivity index (χ1v) is 22.7. The summed E-state index contributed by atoms with van der Waals surface area (Å²) >= 11 is 6.12. The normalized spacial score (nSPS) is 17.8. The van der Waals surface area contributed by atoms with Crippen molar-refractivity contribution in [2.75, 3.05) is 97.3 Å². The molecule has 2 heterocycles. The van der Waals surface area contributed by atoms with Gasteiger partial charge in [0.15, 0.2) is 6.61 Å². The Morgan fingerprint density at radius 1 is 0.702 bits per heavy atom. The molecule has 3 rings (SSSR count). The Kier molecular flexibility index (Phi) is 27.8. The molecule has 0 spiro atoms. The van der Waals surface area contributed by atoms with Gasteiger partial charge in [-0.05, 0) is 68.0 Å². The lowest BCUT2D eigenvalue weighted by Crippen LogP contribution is -2.41. The van der Waals surface area contributed by atoms with E-state index < -0.39 is 0 Å². The van der Waals surface area contributed by atoms with Crippen molar-refractivity contribution >= 4 is 42.2 Å². The maximum atomic E-state index is 12.2. The Hall–Kier alpha value is -2.47. The minimum absolute atomic E-state index is 0.0949. The van der Waals surface area contributed by atoms with E-state index in [4.69, 9.17) is 38.9 Å². The van der Waals surface area contributed by atoms with E-state index in [1.807, 2.05) is 11.8 Å². The van der Waals surface area contributed by atoms with Crippen LogP contribution in [0.4, 0.5) is 4.79 Å². The molecule has 4 unspecified atom stereocenters. The van der Waals surface area contributed by atoms with Crippen molar-refractivity contribution in [2.24, 2.45) is 11.7 Å². The van der Waals surface area contributed by atoms with Gasteiger partial charge >= 0.3 is 6.03 Å². The zero-order valence-electron chi connectivity index (χ0n) is 33.9. The summed E-state index contributed by atoms with van der Waals surface area (Å²) < 4.78 is 39.6. The molecular formula is C41H70N4O10S2. The van der Waals surface area contributed by atoms with Crippen molar-refractivity contribution in [2.45, 2.75) is 101 Å². The smallest absolute Gasteiger partial charge is 0.315 e. The number of nitrogens with two attached hydrogens (primary N) is 1. The lowest BCUT2D eigenvalue weighted by Gasteiger charge is -2.27. The van der Waals surface area contributed by atoms with Gasteiger partial charge in [-0.2, -0.15) is 24.4 Å². The minimum Gasteiger partial charge on any atom is -0.491 e. The number of nitrogens with one attached hydrogen (secondary N) is 3. The number of carbonyl (C=O) groups is 3. The van der Waals surface area contributed by atoms with Crippen LogP contribution in [0.25, 0.3) is 0 Å². The van der Waals surface area contributed by atoms with Crippen LogP contribution in [-0.2, 0) is 33.3 Å². The van der Waals surface area contributed by atoms with Gasteiger partial charge < -0.3 is 54.8 Å². The van der Waals surface area contributed by atoms with Crippen LogP contribution in [0, 0.1) is 5.92 Å². The van der Waals surface area contributed by atoms with Crippen LogP contribution in [0.5, 0.6) is 11.5 Å². The standard InChI is InChI=1S/C41H70N4O10S2/c42-37(46)12-10-11-33(40-39-36(32-57-40)44-41(48)45-39)17-20-50-23-24-51-21-18-43-38(47)31-55-35-15-13-34(14-16-35)54-29-28-53-27-26-52-25-22-49-19-8-6-4-2-1-3-5-7-9-30-56/h13-16,33,36,39-40,56H,1-12,17-32H2,(H2,42,46)(H,43,47)(H2,44,45,48). The summed E-state index contributed by atoms with van der Waals surface area (Å²) in [6.45, 7) is 5.88. The molecule has 4 amide bonds. The third kappa shape index (κ3) is 23.6. The van der Waals surface area contributed by atoms with Gasteiger partial charge in [0.25, 0.3) is 5.91 Å². The van der Waals surface area contributed by atoms with Crippen LogP contribution in [0.15, 0.2) is 24.3 Å². The fourth-order valence-electron chi connectivity index (χ4n) is 6.73. The molecule has 0 bridgehead atoms. The molecule has 14 nitrogen and oxygen atoms in total. The van der Waals surface area contributed by atoms with Gasteiger partial charge in [0, 0.05) is 37.2 Å². The first kappa shape index (κ1) is 48.9. The van der Waals surface area contributed by atoms with Crippen LogP contribution in [0.1, 0.15) is 83.5 Å². The van der Waals surface area contributed by atoms with Crippen molar-refractivity contribution in [3.63, 3.8) is 0 Å². The Labute approximate surface area is 350 Å². The summed E-state index contributed by atoms with van der Waals surface area (Å²) in [4.78, 5) is 35.3. The molecule has 0 radical (unpaired) electrons. The van der Waals surface area contributed by atoms with Gasteiger partial charge in [-0.1, -0.05) is 44.9 Å². The van der Waals surface area contributed by atoms with Crippen LogP contribution < -0.4 is 31.2 Å². The molecule has 5 N–H and O–H groups in total. The van der Waals surface area contributed by atoms with Crippen LogP contribution in [0.3, 0.4) is 0 Å². The summed E-state index contributed by atoms with van der Waals surface area (Å²) in [7, 11) is 0. The first-order chi connectivity index (χ1) is 28.0. The zero-order chi connectivity index (χ0) is 40.6. The van der Waals surface area contributed by atoms with Gasteiger partial charge in [-0.15, -0.1) is 0 Å². The number of carbonyl (C=O) groups excluding carboxylic acids is 3. The van der Waals surface area contributed by atoms with Crippen LogP contribution in [-0.4, -0.2) is 133 Å². The van der Waals surface area contributed by atoms with Crippen molar-refractivity contribution in [3.05, 3.63) is 24.3 Å². The Bertz CT molecular complexity index is 1200. The van der Waals surface area contributed by atoms with Crippen LogP contribution >= 0.6 is 24.4 Å². The largest absolute Gasteiger partial charge is 0.491 e. The van der Waals surface area contributed by atoms with E-state index in [1.54, 1.807) is 24.3 Å². The second-order valence-electron chi connectivity index (χ2n) is 14.4. The molecule has 0 aromatic heterocycles. The number of amides is 4. The van der Waals surface area contributed by atoms with Crippen LogP contribution in [0.2, 0.25) is 0 Å². The third-order valence-electron chi connectivity index (χ3n) is 9.79. The van der Waals surface area contributed by atoms with Gasteiger partial charge in [0.05, 0.1) is 64.9 Å². The van der Waals surface area contributed by atoms with Gasteiger partial charge in [0.1, 0.15) is 18.1 Å². The molecule has 4 atom stereocenters. The molecule has 1 aromatic carbocycles. The second-order valence-corrected chi connectivity index (χ2v) is 16.0. The lowest BCUT2D eigenvalue weighted by atomic mass is 9.89. The molecular weight excluding hydrogens is 773 g/mol. The zero-order valence-corrected chi connectivity index (χ0v) is 35.6. The second kappa shape index (κ2) is 32.4. The highest BCUT2D eigenvalue weighted by molar-refractivity contribution is 8.00. The Balaban J connectivity index is 1.07. The molecule has 2 aliphatic heterocycles. The number of ether oxygens (including phenoxy) is 7. The van der Waals surface area contributed by atoms with E-state index in [0.717, 1.165) is 43.8 Å². The number of thiol groups is 1. The number of primary amides is 1. The van der Waals surface area contributed by atoms with Gasteiger partial charge in [0.2, 0.25) is 5.91 Å². The van der Waals surface area contributed by atoms with Gasteiger partial charge in [-0.3, -0.25) is 9.59 Å². The molecule has 2 fully saturated rings. The number of thioether (sulfide) groups is 1. The number of hydrogen-bond acceptors (Lipinski definition) is 12. The molecule has 1 aromatic rings. The molecule has 0 aliphatic carbocycles. The summed E-state index contributed by atoms with van der Waals surface area (Å²) in [5.41, 5.74) is 5.35. The fraction of sp³-hybridized carbons (Fsp3) is 0.780.